The zero-order chi connectivity index (χ0) is 13.2. The van der Waals surface area contributed by atoms with E-state index in [4.69, 9.17) is 0 Å². The van der Waals surface area contributed by atoms with E-state index in [0.29, 0.717) is 5.82 Å². The van der Waals surface area contributed by atoms with Crippen LogP contribution in [0.1, 0.15) is 0 Å². The van der Waals surface area contributed by atoms with Gasteiger partial charge in [-0.1, -0.05) is 22.0 Å². The summed E-state index contributed by atoms with van der Waals surface area (Å²) in [5.41, 5.74) is 1.82. The Balaban J connectivity index is 2.28. The van der Waals surface area contributed by atoms with Gasteiger partial charge in [0.2, 0.25) is 0 Å². The van der Waals surface area contributed by atoms with Gasteiger partial charge >= 0.3 is 0 Å². The second-order valence-electron chi connectivity index (χ2n) is 4.01. The predicted molar refractivity (Wildman–Crippen MR) is 80.0 cm³/mol. The Morgan fingerprint density at radius 1 is 1.05 bits per heavy atom. The van der Waals surface area contributed by atoms with E-state index in [9.17, 15) is 0 Å². The first-order valence-corrected chi connectivity index (χ1v) is 6.63. The molecule has 0 atom stereocenters. The Labute approximate surface area is 119 Å². The topological polar surface area (TPSA) is 50.7 Å². The highest BCUT2D eigenvalue weighted by Gasteiger charge is 2.10. The molecule has 0 aliphatic carbocycles. The van der Waals surface area contributed by atoms with Crippen molar-refractivity contribution in [2.24, 2.45) is 0 Å². The van der Waals surface area contributed by atoms with Crippen molar-refractivity contribution >= 4 is 32.7 Å². The van der Waals surface area contributed by atoms with Gasteiger partial charge in [0, 0.05) is 34.9 Å². The molecule has 4 nitrogen and oxygen atoms in total. The van der Waals surface area contributed by atoms with E-state index in [1.807, 2.05) is 37.4 Å². The Morgan fingerprint density at radius 2 is 1.95 bits per heavy atom. The minimum Gasteiger partial charge on any atom is -0.373 e. The van der Waals surface area contributed by atoms with Crippen LogP contribution in [0.15, 0.2) is 47.2 Å². The molecule has 2 aromatic heterocycles. The molecule has 0 saturated carbocycles. The zero-order valence-electron chi connectivity index (χ0n) is 10.3. The van der Waals surface area contributed by atoms with Crippen LogP contribution in [0.25, 0.3) is 22.3 Å². The fourth-order valence-corrected chi connectivity index (χ4v) is 2.40. The van der Waals surface area contributed by atoms with Gasteiger partial charge in [0.15, 0.2) is 5.82 Å². The summed E-state index contributed by atoms with van der Waals surface area (Å²) in [5.74, 6) is 1.46. The number of halogens is 1. The van der Waals surface area contributed by atoms with Gasteiger partial charge in [-0.2, -0.15) is 0 Å². The lowest BCUT2D eigenvalue weighted by atomic mass is 10.1. The Hall–Kier alpha value is -2.01. The lowest BCUT2D eigenvalue weighted by Gasteiger charge is -2.07. The SMILES string of the molecule is CNc1ccnc(-c2ccc(Br)c3cccnc23)n1. The first kappa shape index (κ1) is 12.0. The van der Waals surface area contributed by atoms with Crippen molar-refractivity contribution in [3.05, 3.63) is 47.2 Å². The van der Waals surface area contributed by atoms with E-state index in [-0.39, 0.29) is 0 Å². The van der Waals surface area contributed by atoms with Crippen molar-refractivity contribution < 1.29 is 0 Å². The molecule has 0 radical (unpaired) electrons. The van der Waals surface area contributed by atoms with Crippen LogP contribution in [0.4, 0.5) is 5.82 Å². The smallest absolute Gasteiger partial charge is 0.163 e. The summed E-state index contributed by atoms with van der Waals surface area (Å²) in [6, 6.07) is 9.75. The quantitative estimate of drug-likeness (QED) is 0.786. The second-order valence-corrected chi connectivity index (χ2v) is 4.86. The zero-order valence-corrected chi connectivity index (χ0v) is 11.8. The third-order valence-corrected chi connectivity index (χ3v) is 3.56. The third-order valence-electron chi connectivity index (χ3n) is 2.87. The van der Waals surface area contributed by atoms with Gasteiger partial charge in [-0.15, -0.1) is 0 Å². The molecular weight excluding hydrogens is 304 g/mol. The largest absolute Gasteiger partial charge is 0.373 e. The molecule has 1 N–H and O–H groups in total. The molecule has 2 heterocycles. The predicted octanol–water partition coefficient (Wildman–Crippen LogP) is 3.50. The number of benzene rings is 1. The Kier molecular flexibility index (Phi) is 3.13. The van der Waals surface area contributed by atoms with Gasteiger partial charge in [0.1, 0.15) is 5.82 Å². The van der Waals surface area contributed by atoms with E-state index < -0.39 is 0 Å². The minimum atomic E-state index is 0.669. The number of aromatic nitrogens is 3. The average Bonchev–Trinajstić information content (AvgIpc) is 2.48. The molecule has 1 aromatic carbocycles. The van der Waals surface area contributed by atoms with Crippen LogP contribution in [0.2, 0.25) is 0 Å². The van der Waals surface area contributed by atoms with Crippen LogP contribution in [0, 0.1) is 0 Å². The number of anilines is 1. The molecule has 0 saturated heterocycles. The molecule has 0 aliphatic heterocycles. The summed E-state index contributed by atoms with van der Waals surface area (Å²) in [5, 5.41) is 4.07. The molecule has 0 unspecified atom stereocenters. The molecule has 0 aliphatic rings. The molecule has 0 spiro atoms. The van der Waals surface area contributed by atoms with Crippen molar-refractivity contribution in [1.29, 1.82) is 0 Å². The normalized spacial score (nSPS) is 10.6. The van der Waals surface area contributed by atoms with Crippen LogP contribution in [0.5, 0.6) is 0 Å². The minimum absolute atomic E-state index is 0.669. The summed E-state index contributed by atoms with van der Waals surface area (Å²) < 4.78 is 1.02. The maximum atomic E-state index is 4.46. The molecule has 0 bridgehead atoms. The number of nitrogens with one attached hydrogen (secondary N) is 1. The van der Waals surface area contributed by atoms with Crippen LogP contribution in [-0.2, 0) is 0 Å². The number of fused-ring (bicyclic) bond motifs is 1. The van der Waals surface area contributed by atoms with E-state index >= 15 is 0 Å². The van der Waals surface area contributed by atoms with E-state index in [2.05, 4.69) is 36.2 Å². The number of nitrogens with zero attached hydrogens (tertiary/aromatic N) is 3. The standard InChI is InChI=1S/C14H11BrN4/c1-16-12-6-8-18-14(19-12)10-4-5-11(15)9-3-2-7-17-13(9)10/h2-8H,1H3,(H,16,18,19). The summed E-state index contributed by atoms with van der Waals surface area (Å²) in [6.45, 7) is 0. The molecule has 3 aromatic rings. The van der Waals surface area contributed by atoms with Crippen LogP contribution >= 0.6 is 15.9 Å². The maximum absolute atomic E-state index is 4.46. The lowest BCUT2D eigenvalue weighted by molar-refractivity contribution is 1.17. The van der Waals surface area contributed by atoms with Crippen molar-refractivity contribution in [2.75, 3.05) is 12.4 Å². The van der Waals surface area contributed by atoms with Gasteiger partial charge in [0.05, 0.1) is 5.52 Å². The highest BCUT2D eigenvalue weighted by molar-refractivity contribution is 9.10. The van der Waals surface area contributed by atoms with Gasteiger partial charge in [-0.3, -0.25) is 4.98 Å². The molecule has 5 heteroatoms. The maximum Gasteiger partial charge on any atom is 0.163 e. The number of hydrogen-bond donors (Lipinski definition) is 1. The van der Waals surface area contributed by atoms with Crippen LogP contribution in [0.3, 0.4) is 0 Å². The Morgan fingerprint density at radius 3 is 2.79 bits per heavy atom. The highest BCUT2D eigenvalue weighted by Crippen LogP contribution is 2.30. The Bertz CT molecular complexity index is 742. The number of hydrogen-bond acceptors (Lipinski definition) is 4. The van der Waals surface area contributed by atoms with Gasteiger partial charge in [-0.25, -0.2) is 9.97 Å². The van der Waals surface area contributed by atoms with Crippen LogP contribution < -0.4 is 5.32 Å². The fourth-order valence-electron chi connectivity index (χ4n) is 1.95. The molecular formula is C14H11BrN4. The van der Waals surface area contributed by atoms with E-state index in [0.717, 1.165) is 26.8 Å². The van der Waals surface area contributed by atoms with E-state index in [1.165, 1.54) is 0 Å². The summed E-state index contributed by atoms with van der Waals surface area (Å²) in [7, 11) is 1.84. The van der Waals surface area contributed by atoms with Crippen molar-refractivity contribution in [3.63, 3.8) is 0 Å². The van der Waals surface area contributed by atoms with Crippen LogP contribution in [-0.4, -0.2) is 22.0 Å². The average molecular weight is 315 g/mol. The third kappa shape index (κ3) is 2.17. The first-order chi connectivity index (χ1) is 9.29. The molecule has 19 heavy (non-hydrogen) atoms. The van der Waals surface area contributed by atoms with Gasteiger partial charge in [-0.05, 0) is 24.3 Å². The fraction of sp³-hybridized carbons (Fsp3) is 0.0714. The number of pyridine rings is 1. The summed E-state index contributed by atoms with van der Waals surface area (Å²) in [6.07, 6.45) is 3.52. The van der Waals surface area contributed by atoms with Gasteiger partial charge in [0.25, 0.3) is 0 Å². The molecule has 0 fully saturated rings. The van der Waals surface area contributed by atoms with Gasteiger partial charge < -0.3 is 5.32 Å². The van der Waals surface area contributed by atoms with Crippen molar-refractivity contribution in [2.45, 2.75) is 0 Å². The lowest BCUT2D eigenvalue weighted by Crippen LogP contribution is -1.96. The van der Waals surface area contributed by atoms with Crippen molar-refractivity contribution in [1.82, 2.24) is 15.0 Å². The summed E-state index contributed by atoms with van der Waals surface area (Å²) >= 11 is 3.54. The monoisotopic (exact) mass is 314 g/mol. The molecule has 0 amide bonds. The number of rotatable bonds is 2. The summed E-state index contributed by atoms with van der Waals surface area (Å²) in [4.78, 5) is 13.2. The first-order valence-electron chi connectivity index (χ1n) is 5.84. The van der Waals surface area contributed by atoms with Crippen molar-refractivity contribution in [3.8, 4) is 11.4 Å². The highest BCUT2D eigenvalue weighted by atomic mass is 79.9. The van der Waals surface area contributed by atoms with E-state index in [1.54, 1.807) is 12.4 Å². The molecule has 94 valence electrons. The molecule has 3 rings (SSSR count). The second kappa shape index (κ2) is 4.93.